The number of hydrogen-bond donors (Lipinski definition) is 2. The summed E-state index contributed by atoms with van der Waals surface area (Å²) in [4.78, 5) is 23.4. The molecule has 4 aromatic carbocycles. The minimum Gasteiger partial charge on any atom is -0.495 e. The average Bonchev–Trinajstić information content (AvgIpc) is 3.43. The summed E-state index contributed by atoms with van der Waals surface area (Å²) >= 11 is 0. The largest absolute Gasteiger partial charge is 0.495 e. The van der Waals surface area contributed by atoms with Gasteiger partial charge in [0.2, 0.25) is 0 Å². The molecule has 41 heavy (non-hydrogen) atoms. The van der Waals surface area contributed by atoms with Crippen LogP contribution in [0.2, 0.25) is 0 Å². The fraction of sp³-hybridized carbons (Fsp3) is 0.114. The lowest BCUT2D eigenvalue weighted by Crippen LogP contribution is -2.35. The lowest BCUT2D eigenvalue weighted by atomic mass is 10.0. The van der Waals surface area contributed by atoms with E-state index < -0.39 is 0 Å². The van der Waals surface area contributed by atoms with E-state index >= 15 is 0 Å². The van der Waals surface area contributed by atoms with Crippen molar-refractivity contribution in [3.63, 3.8) is 0 Å². The smallest absolute Gasteiger partial charge is 0.270 e. The van der Waals surface area contributed by atoms with Crippen LogP contribution < -0.4 is 15.4 Å². The molecule has 0 saturated carbocycles. The van der Waals surface area contributed by atoms with Crippen molar-refractivity contribution in [3.05, 3.63) is 149 Å². The number of benzene rings is 4. The first-order valence-corrected chi connectivity index (χ1v) is 13.7. The van der Waals surface area contributed by atoms with Crippen molar-refractivity contribution < 1.29 is 9.53 Å². The molecule has 1 aliphatic rings. The topological polar surface area (TPSA) is 75.6 Å². The number of nitrogens with one attached hydrogen (secondary N) is 2. The third kappa shape index (κ3) is 6.02. The Morgan fingerprint density at radius 2 is 1.37 bits per heavy atom. The lowest BCUT2D eigenvalue weighted by Gasteiger charge is -2.15. The van der Waals surface area contributed by atoms with Crippen LogP contribution in [0.5, 0.6) is 5.75 Å². The molecule has 0 unspecified atom stereocenters. The van der Waals surface area contributed by atoms with Crippen LogP contribution in [0, 0.1) is 0 Å². The predicted octanol–water partition coefficient (Wildman–Crippen LogP) is 6.90. The van der Waals surface area contributed by atoms with Gasteiger partial charge in [0.05, 0.1) is 24.2 Å². The number of aliphatic imine (C=N–C) groups is 1. The summed E-state index contributed by atoms with van der Waals surface area (Å²) < 4.78 is 5.53. The molecule has 0 saturated heterocycles. The van der Waals surface area contributed by atoms with Crippen LogP contribution in [0.4, 0.5) is 17.2 Å². The highest BCUT2D eigenvalue weighted by Gasteiger charge is 2.24. The number of nitrogens with zero attached hydrogens (tertiary/aromatic N) is 2. The van der Waals surface area contributed by atoms with Crippen LogP contribution in [0.1, 0.15) is 32.7 Å². The van der Waals surface area contributed by atoms with Crippen molar-refractivity contribution in [2.75, 3.05) is 12.4 Å². The molecule has 1 amide bonds. The Morgan fingerprint density at radius 1 is 0.780 bits per heavy atom. The summed E-state index contributed by atoms with van der Waals surface area (Å²) in [5.74, 6) is 0.937. The summed E-state index contributed by atoms with van der Waals surface area (Å²) in [6.07, 6.45) is 1.61. The molecule has 0 radical (unpaired) electrons. The van der Waals surface area contributed by atoms with Crippen LogP contribution in [-0.2, 0) is 12.8 Å². The summed E-state index contributed by atoms with van der Waals surface area (Å²) in [6.45, 7) is 0. The number of rotatable bonds is 8. The number of methoxy groups -OCH3 is 1. The maximum absolute atomic E-state index is 13.6. The molecule has 1 aromatic heterocycles. The highest BCUT2D eigenvalue weighted by Crippen LogP contribution is 2.29. The quantitative estimate of drug-likeness (QED) is 0.211. The number of ether oxygens (including phenoxy) is 1. The Kier molecular flexibility index (Phi) is 7.54. The van der Waals surface area contributed by atoms with Crippen molar-refractivity contribution in [3.8, 4) is 5.75 Å². The van der Waals surface area contributed by atoms with Crippen LogP contribution >= 0.6 is 0 Å². The van der Waals surface area contributed by atoms with Crippen LogP contribution in [0.15, 0.2) is 126 Å². The van der Waals surface area contributed by atoms with Gasteiger partial charge in [-0.1, -0.05) is 97.1 Å². The second kappa shape index (κ2) is 11.9. The zero-order valence-electron chi connectivity index (χ0n) is 22.7. The van der Waals surface area contributed by atoms with E-state index in [-0.39, 0.29) is 11.9 Å². The first-order valence-electron chi connectivity index (χ1n) is 13.7. The monoisotopic (exact) mass is 538 g/mol. The summed E-state index contributed by atoms with van der Waals surface area (Å²) in [6, 6.07) is 39.6. The van der Waals surface area contributed by atoms with Crippen molar-refractivity contribution >= 4 is 28.8 Å². The second-order valence-electron chi connectivity index (χ2n) is 9.96. The van der Waals surface area contributed by atoms with Crippen molar-refractivity contribution in [1.29, 1.82) is 0 Å². The number of fused-ring (bicyclic) bond motifs is 1. The van der Waals surface area contributed by atoms with E-state index in [1.807, 2.05) is 103 Å². The van der Waals surface area contributed by atoms with Gasteiger partial charge in [0.15, 0.2) is 0 Å². The zero-order chi connectivity index (χ0) is 28.0. The summed E-state index contributed by atoms with van der Waals surface area (Å²) in [5, 5.41) is 6.53. The molecule has 202 valence electrons. The third-order valence-corrected chi connectivity index (χ3v) is 7.13. The van der Waals surface area contributed by atoms with E-state index in [1.165, 1.54) is 11.1 Å². The first-order chi connectivity index (χ1) is 20.2. The van der Waals surface area contributed by atoms with E-state index in [1.54, 1.807) is 13.2 Å². The van der Waals surface area contributed by atoms with Gasteiger partial charge in [-0.05, 0) is 42.2 Å². The Labute approximate surface area is 239 Å². The van der Waals surface area contributed by atoms with E-state index in [0.29, 0.717) is 22.9 Å². The van der Waals surface area contributed by atoms with Crippen LogP contribution in [0.3, 0.4) is 0 Å². The number of para-hydroxylation sites is 2. The Bertz CT molecular complexity index is 1630. The average molecular weight is 539 g/mol. The van der Waals surface area contributed by atoms with Crippen molar-refractivity contribution in [2.24, 2.45) is 4.99 Å². The molecule has 6 nitrogen and oxygen atoms in total. The fourth-order valence-corrected chi connectivity index (χ4v) is 5.18. The molecular formula is C35H30N4O2. The molecule has 1 aliphatic carbocycles. The molecule has 5 aromatic rings. The molecule has 0 spiro atoms. The van der Waals surface area contributed by atoms with Crippen molar-refractivity contribution in [2.45, 2.75) is 18.9 Å². The number of pyridine rings is 1. The Morgan fingerprint density at radius 3 is 2.00 bits per heavy atom. The normalized spacial score (nSPS) is 12.3. The third-order valence-electron chi connectivity index (χ3n) is 7.13. The van der Waals surface area contributed by atoms with E-state index in [9.17, 15) is 4.79 Å². The van der Waals surface area contributed by atoms with E-state index in [0.717, 1.165) is 35.4 Å². The maximum Gasteiger partial charge on any atom is 0.270 e. The fourth-order valence-electron chi connectivity index (χ4n) is 5.18. The summed E-state index contributed by atoms with van der Waals surface area (Å²) in [7, 11) is 1.62. The standard InChI is InChI=1S/C35H30N4O2/c1-41-32-19-11-10-18-30(32)38-33-23-29(36-34(24-12-4-2-5-13-24)25-14-6-3-7-15-25)22-31(39-33)35(40)37-28-20-26-16-8-9-17-27(26)21-28/h2-19,22-23,28H,20-21H2,1H3,(H,37,40)(H,38,39). The molecule has 0 atom stereocenters. The number of amides is 1. The molecule has 6 rings (SSSR count). The summed E-state index contributed by atoms with van der Waals surface area (Å²) in [5.41, 5.74) is 6.95. The maximum atomic E-state index is 13.6. The minimum absolute atomic E-state index is 0.0173. The molecule has 0 bridgehead atoms. The number of hydrogen-bond acceptors (Lipinski definition) is 5. The molecule has 6 heteroatoms. The number of anilines is 2. The van der Waals surface area contributed by atoms with Gasteiger partial charge in [-0.25, -0.2) is 9.98 Å². The van der Waals surface area contributed by atoms with Gasteiger partial charge in [0.1, 0.15) is 17.3 Å². The lowest BCUT2D eigenvalue weighted by molar-refractivity contribution is 0.0933. The van der Waals surface area contributed by atoms with Gasteiger partial charge >= 0.3 is 0 Å². The van der Waals surface area contributed by atoms with Crippen molar-refractivity contribution in [1.82, 2.24) is 10.3 Å². The van der Waals surface area contributed by atoms with Gasteiger partial charge in [-0.15, -0.1) is 0 Å². The van der Waals surface area contributed by atoms with E-state index in [4.69, 9.17) is 14.7 Å². The van der Waals surface area contributed by atoms with Gasteiger partial charge in [0, 0.05) is 23.2 Å². The van der Waals surface area contributed by atoms with Crippen LogP contribution in [-0.4, -0.2) is 29.8 Å². The first kappa shape index (κ1) is 26.0. The molecule has 2 N–H and O–H groups in total. The highest BCUT2D eigenvalue weighted by atomic mass is 16.5. The second-order valence-corrected chi connectivity index (χ2v) is 9.96. The number of carbonyl (C=O) groups excluding carboxylic acids is 1. The molecule has 0 aliphatic heterocycles. The van der Waals surface area contributed by atoms with Gasteiger partial charge in [0.25, 0.3) is 5.91 Å². The predicted molar refractivity (Wildman–Crippen MR) is 164 cm³/mol. The molecule has 0 fully saturated rings. The van der Waals surface area contributed by atoms with Gasteiger partial charge in [-0.3, -0.25) is 4.79 Å². The molecule has 1 heterocycles. The highest BCUT2D eigenvalue weighted by molar-refractivity contribution is 6.14. The number of carbonyl (C=O) groups is 1. The van der Waals surface area contributed by atoms with E-state index in [2.05, 4.69) is 22.8 Å². The molecular weight excluding hydrogens is 508 g/mol. The number of aromatic nitrogens is 1. The van der Waals surface area contributed by atoms with Gasteiger partial charge < -0.3 is 15.4 Å². The van der Waals surface area contributed by atoms with Gasteiger partial charge in [-0.2, -0.15) is 0 Å². The zero-order valence-corrected chi connectivity index (χ0v) is 22.7. The Hall–Kier alpha value is -5.23. The SMILES string of the molecule is COc1ccccc1Nc1cc(N=C(c2ccccc2)c2ccccc2)cc(C(=O)NC2Cc3ccccc3C2)n1. The Balaban J connectivity index is 1.39. The minimum atomic E-state index is -0.232. The van der Waals surface area contributed by atoms with Crippen LogP contribution in [0.25, 0.3) is 0 Å².